The quantitative estimate of drug-likeness (QED) is 0.801. The Labute approximate surface area is 139 Å². The lowest BCUT2D eigenvalue weighted by Gasteiger charge is -2.32. The molecule has 0 N–H and O–H groups in total. The maximum atomic E-state index is 12.4. The number of thioether (sulfide) groups is 1. The van der Waals surface area contributed by atoms with E-state index >= 15 is 0 Å². The molecule has 2 fully saturated rings. The van der Waals surface area contributed by atoms with Gasteiger partial charge in [-0.3, -0.25) is 9.59 Å². The van der Waals surface area contributed by atoms with Gasteiger partial charge >= 0.3 is 0 Å². The van der Waals surface area contributed by atoms with Crippen molar-refractivity contribution in [3.8, 4) is 0 Å². The molecule has 1 saturated heterocycles. The molecule has 2 heterocycles. The summed E-state index contributed by atoms with van der Waals surface area (Å²) >= 11 is 3.38. The standard InChI is InChI=1S/C16H22N2O2S2/c1-2-17(15(20)12-5-3-6-12)8-9-18-14(19)11-22-16(18)13-7-4-10-21-13/h4,7,10,12,16H,2-3,5-6,8-9,11H2,1H3/t16-/m0/s1. The molecule has 1 atom stereocenters. The molecule has 0 bridgehead atoms. The molecule has 1 aromatic rings. The number of thiophene rings is 1. The zero-order chi connectivity index (χ0) is 15.5. The molecule has 2 aliphatic rings. The highest BCUT2D eigenvalue weighted by molar-refractivity contribution is 8.00. The first-order valence-electron chi connectivity index (χ1n) is 7.94. The maximum Gasteiger partial charge on any atom is 0.233 e. The van der Waals surface area contributed by atoms with Gasteiger partial charge in [0, 0.05) is 30.4 Å². The van der Waals surface area contributed by atoms with Gasteiger partial charge in [-0.15, -0.1) is 23.1 Å². The number of hydrogen-bond acceptors (Lipinski definition) is 4. The Morgan fingerprint density at radius 3 is 2.86 bits per heavy atom. The number of rotatable bonds is 6. The van der Waals surface area contributed by atoms with Crippen LogP contribution < -0.4 is 0 Å². The predicted molar refractivity (Wildman–Crippen MR) is 90.8 cm³/mol. The summed E-state index contributed by atoms with van der Waals surface area (Å²) in [5, 5.41) is 2.18. The van der Waals surface area contributed by atoms with Gasteiger partial charge in [0.1, 0.15) is 5.37 Å². The van der Waals surface area contributed by atoms with Crippen LogP contribution in [0.5, 0.6) is 0 Å². The maximum absolute atomic E-state index is 12.4. The minimum absolute atomic E-state index is 0.130. The van der Waals surface area contributed by atoms with Crippen molar-refractivity contribution >= 4 is 34.9 Å². The largest absolute Gasteiger partial charge is 0.341 e. The first kappa shape index (κ1) is 15.9. The summed E-state index contributed by atoms with van der Waals surface area (Å²) in [4.78, 5) is 29.6. The molecule has 0 unspecified atom stereocenters. The summed E-state index contributed by atoms with van der Waals surface area (Å²) in [6.07, 6.45) is 3.24. The molecule has 2 amide bonds. The van der Waals surface area contributed by atoms with E-state index in [9.17, 15) is 9.59 Å². The van der Waals surface area contributed by atoms with E-state index < -0.39 is 0 Å². The van der Waals surface area contributed by atoms with Crippen LogP contribution >= 0.6 is 23.1 Å². The third-order valence-electron chi connectivity index (χ3n) is 4.51. The topological polar surface area (TPSA) is 40.6 Å². The number of likely N-dealkylation sites (N-methyl/N-ethyl adjacent to an activating group) is 1. The number of amides is 2. The van der Waals surface area contributed by atoms with Crippen LogP contribution in [0.25, 0.3) is 0 Å². The van der Waals surface area contributed by atoms with Gasteiger partial charge < -0.3 is 9.80 Å². The Bertz CT molecular complexity index is 528. The number of carbonyl (C=O) groups excluding carboxylic acids is 2. The smallest absolute Gasteiger partial charge is 0.233 e. The summed E-state index contributed by atoms with van der Waals surface area (Å²) in [5.41, 5.74) is 0. The van der Waals surface area contributed by atoms with Gasteiger partial charge in [0.05, 0.1) is 5.75 Å². The molecule has 1 aromatic heterocycles. The first-order chi connectivity index (χ1) is 10.7. The zero-order valence-electron chi connectivity index (χ0n) is 12.9. The summed E-state index contributed by atoms with van der Waals surface area (Å²) in [6, 6.07) is 4.12. The van der Waals surface area contributed by atoms with Crippen molar-refractivity contribution in [3.63, 3.8) is 0 Å². The molecule has 3 rings (SSSR count). The van der Waals surface area contributed by atoms with Crippen molar-refractivity contribution in [1.29, 1.82) is 0 Å². The lowest BCUT2D eigenvalue weighted by molar-refractivity contribution is -0.139. The molecule has 22 heavy (non-hydrogen) atoms. The Morgan fingerprint density at radius 2 is 2.27 bits per heavy atom. The molecule has 1 aliphatic heterocycles. The molecule has 0 aromatic carbocycles. The van der Waals surface area contributed by atoms with Gasteiger partial charge in [-0.05, 0) is 31.2 Å². The SMILES string of the molecule is CCN(CCN1C(=O)CS[C@H]1c1cccs1)C(=O)C1CCC1. The fourth-order valence-electron chi connectivity index (χ4n) is 2.93. The van der Waals surface area contributed by atoms with E-state index in [1.54, 1.807) is 23.1 Å². The van der Waals surface area contributed by atoms with E-state index in [4.69, 9.17) is 0 Å². The average Bonchev–Trinajstić information content (AvgIpc) is 3.07. The Balaban J connectivity index is 1.60. The van der Waals surface area contributed by atoms with Crippen molar-refractivity contribution in [2.75, 3.05) is 25.4 Å². The molecule has 0 spiro atoms. The van der Waals surface area contributed by atoms with Crippen LogP contribution in [0.4, 0.5) is 0 Å². The lowest BCUT2D eigenvalue weighted by atomic mass is 9.84. The minimum Gasteiger partial charge on any atom is -0.341 e. The van der Waals surface area contributed by atoms with Gasteiger partial charge in [0.2, 0.25) is 11.8 Å². The lowest BCUT2D eigenvalue weighted by Crippen LogP contribution is -2.43. The highest BCUT2D eigenvalue weighted by atomic mass is 32.2. The van der Waals surface area contributed by atoms with Gasteiger partial charge in [-0.2, -0.15) is 0 Å². The normalized spacial score (nSPS) is 22.0. The van der Waals surface area contributed by atoms with Crippen LogP contribution in [0.15, 0.2) is 17.5 Å². The molecular formula is C16H22N2O2S2. The van der Waals surface area contributed by atoms with Crippen LogP contribution in [0.3, 0.4) is 0 Å². The van der Waals surface area contributed by atoms with E-state index in [-0.39, 0.29) is 23.1 Å². The Kier molecular flexibility index (Phi) is 5.08. The van der Waals surface area contributed by atoms with Gasteiger partial charge in [0.25, 0.3) is 0 Å². The van der Waals surface area contributed by atoms with Gasteiger partial charge in [0.15, 0.2) is 0 Å². The van der Waals surface area contributed by atoms with E-state index in [1.165, 1.54) is 11.3 Å². The third-order valence-corrected chi connectivity index (χ3v) is 6.82. The average molecular weight is 338 g/mol. The van der Waals surface area contributed by atoms with Crippen molar-refractivity contribution in [1.82, 2.24) is 9.80 Å². The van der Waals surface area contributed by atoms with Crippen LogP contribution in [-0.2, 0) is 9.59 Å². The fraction of sp³-hybridized carbons (Fsp3) is 0.625. The van der Waals surface area contributed by atoms with Crippen LogP contribution in [0.2, 0.25) is 0 Å². The van der Waals surface area contributed by atoms with Gasteiger partial charge in [-0.1, -0.05) is 12.5 Å². The summed E-state index contributed by atoms with van der Waals surface area (Å²) in [7, 11) is 0. The van der Waals surface area contributed by atoms with Crippen molar-refractivity contribution in [2.24, 2.45) is 5.92 Å². The fourth-order valence-corrected chi connectivity index (χ4v) is 5.13. The van der Waals surface area contributed by atoms with Gasteiger partial charge in [-0.25, -0.2) is 0 Å². The minimum atomic E-state index is 0.130. The van der Waals surface area contributed by atoms with Crippen LogP contribution in [-0.4, -0.2) is 47.0 Å². The highest BCUT2D eigenvalue weighted by Gasteiger charge is 2.34. The molecule has 0 radical (unpaired) electrons. The molecule has 4 nitrogen and oxygen atoms in total. The van der Waals surface area contributed by atoms with Crippen LogP contribution in [0.1, 0.15) is 36.4 Å². The Hall–Kier alpha value is -1.01. The second-order valence-electron chi connectivity index (χ2n) is 5.81. The third kappa shape index (κ3) is 3.18. The number of hydrogen-bond donors (Lipinski definition) is 0. The van der Waals surface area contributed by atoms with E-state index in [0.29, 0.717) is 18.8 Å². The number of carbonyl (C=O) groups is 2. The first-order valence-corrected chi connectivity index (χ1v) is 9.86. The second-order valence-corrected chi connectivity index (χ2v) is 7.86. The van der Waals surface area contributed by atoms with Crippen molar-refractivity contribution in [3.05, 3.63) is 22.4 Å². The van der Waals surface area contributed by atoms with E-state index in [2.05, 4.69) is 11.4 Å². The molecule has 1 aliphatic carbocycles. The van der Waals surface area contributed by atoms with E-state index in [0.717, 1.165) is 19.4 Å². The highest BCUT2D eigenvalue weighted by Crippen LogP contribution is 2.40. The molecular weight excluding hydrogens is 316 g/mol. The second kappa shape index (κ2) is 7.04. The molecule has 6 heteroatoms. The van der Waals surface area contributed by atoms with Crippen molar-refractivity contribution in [2.45, 2.75) is 31.6 Å². The monoisotopic (exact) mass is 338 g/mol. The summed E-state index contributed by atoms with van der Waals surface area (Å²) < 4.78 is 0. The van der Waals surface area contributed by atoms with Crippen LogP contribution in [0, 0.1) is 5.92 Å². The van der Waals surface area contributed by atoms with E-state index in [1.807, 2.05) is 22.8 Å². The number of nitrogens with zero attached hydrogens (tertiary/aromatic N) is 2. The van der Waals surface area contributed by atoms with Crippen molar-refractivity contribution < 1.29 is 9.59 Å². The zero-order valence-corrected chi connectivity index (χ0v) is 14.5. The molecule has 120 valence electrons. The summed E-state index contributed by atoms with van der Waals surface area (Å²) in [6.45, 7) is 4.04. The summed E-state index contributed by atoms with van der Waals surface area (Å²) in [5.74, 6) is 1.25. The predicted octanol–water partition coefficient (Wildman–Crippen LogP) is 2.97. The molecule has 1 saturated carbocycles. The Morgan fingerprint density at radius 1 is 1.45 bits per heavy atom.